The molecule has 0 spiro atoms. The number of hydrogen-bond acceptors (Lipinski definition) is 4. The van der Waals surface area contributed by atoms with Crippen LogP contribution in [0.2, 0.25) is 0 Å². The summed E-state index contributed by atoms with van der Waals surface area (Å²) in [4.78, 5) is 37.2. The first-order chi connectivity index (χ1) is 12.2. The van der Waals surface area contributed by atoms with Crippen LogP contribution in [0.4, 0.5) is 10.5 Å². The predicted molar refractivity (Wildman–Crippen MR) is 99.1 cm³/mol. The van der Waals surface area contributed by atoms with Crippen LogP contribution in [0.25, 0.3) is 0 Å². The van der Waals surface area contributed by atoms with Crippen molar-refractivity contribution >= 4 is 23.6 Å². The number of nitrogens with one attached hydrogen (secondary N) is 2. The molecule has 7 heteroatoms. The standard InChI is InChI=1S/C19H27N3O4/c1-19(2,3)26-18(25)21-15-9-7-14(8-10-15)17(24)20-11-5-13-22-12-4-6-16(22)23/h7-10H,4-6,11-13H2,1-3H3,(H,20,24)(H,21,25). The molecule has 0 aliphatic carbocycles. The topological polar surface area (TPSA) is 87.7 Å². The fraction of sp³-hybridized carbons (Fsp3) is 0.526. The smallest absolute Gasteiger partial charge is 0.412 e. The summed E-state index contributed by atoms with van der Waals surface area (Å²) in [6, 6.07) is 6.60. The summed E-state index contributed by atoms with van der Waals surface area (Å²) >= 11 is 0. The molecule has 0 unspecified atom stereocenters. The summed E-state index contributed by atoms with van der Waals surface area (Å²) < 4.78 is 5.18. The fourth-order valence-electron chi connectivity index (χ4n) is 2.64. The maximum absolute atomic E-state index is 12.1. The Morgan fingerprint density at radius 1 is 1.19 bits per heavy atom. The molecule has 3 amide bonds. The second kappa shape index (κ2) is 8.69. The Balaban J connectivity index is 1.73. The number of likely N-dealkylation sites (tertiary alicyclic amines) is 1. The van der Waals surface area contributed by atoms with Gasteiger partial charge in [-0.2, -0.15) is 0 Å². The molecule has 142 valence electrons. The van der Waals surface area contributed by atoms with E-state index in [4.69, 9.17) is 4.74 Å². The largest absolute Gasteiger partial charge is 0.444 e. The van der Waals surface area contributed by atoms with E-state index in [1.165, 1.54) is 0 Å². The lowest BCUT2D eigenvalue weighted by atomic mass is 10.2. The van der Waals surface area contributed by atoms with Crippen molar-refractivity contribution in [1.82, 2.24) is 10.2 Å². The molecule has 2 rings (SSSR count). The Hall–Kier alpha value is -2.57. The van der Waals surface area contributed by atoms with Gasteiger partial charge in [0.1, 0.15) is 5.60 Å². The van der Waals surface area contributed by atoms with Crippen molar-refractivity contribution in [3.63, 3.8) is 0 Å². The van der Waals surface area contributed by atoms with E-state index in [0.717, 1.165) is 19.4 Å². The van der Waals surface area contributed by atoms with E-state index in [9.17, 15) is 14.4 Å². The molecular weight excluding hydrogens is 334 g/mol. The average molecular weight is 361 g/mol. The van der Waals surface area contributed by atoms with E-state index in [0.29, 0.717) is 30.8 Å². The summed E-state index contributed by atoms with van der Waals surface area (Å²) in [5, 5.41) is 5.46. The van der Waals surface area contributed by atoms with Crippen LogP contribution in [-0.4, -0.2) is 48.0 Å². The van der Waals surface area contributed by atoms with Crippen LogP contribution >= 0.6 is 0 Å². The molecule has 0 saturated carbocycles. The molecule has 26 heavy (non-hydrogen) atoms. The van der Waals surface area contributed by atoms with Gasteiger partial charge in [0.25, 0.3) is 5.91 Å². The van der Waals surface area contributed by atoms with Crippen molar-refractivity contribution in [3.8, 4) is 0 Å². The van der Waals surface area contributed by atoms with Crippen molar-refractivity contribution in [1.29, 1.82) is 0 Å². The summed E-state index contributed by atoms with van der Waals surface area (Å²) in [6.07, 6.45) is 1.76. The van der Waals surface area contributed by atoms with Gasteiger partial charge in [0.2, 0.25) is 5.91 Å². The van der Waals surface area contributed by atoms with E-state index in [-0.39, 0.29) is 11.8 Å². The van der Waals surface area contributed by atoms with E-state index in [1.807, 2.05) is 4.90 Å². The summed E-state index contributed by atoms with van der Waals surface area (Å²) in [6.45, 7) is 7.39. The van der Waals surface area contributed by atoms with Gasteiger partial charge in [0.05, 0.1) is 0 Å². The third kappa shape index (κ3) is 6.38. The van der Waals surface area contributed by atoms with Crippen molar-refractivity contribution in [2.24, 2.45) is 0 Å². The van der Waals surface area contributed by atoms with E-state index < -0.39 is 11.7 Å². The normalized spacial score (nSPS) is 14.3. The zero-order valence-electron chi connectivity index (χ0n) is 15.6. The Labute approximate surface area is 154 Å². The van der Waals surface area contributed by atoms with Crippen molar-refractivity contribution in [3.05, 3.63) is 29.8 Å². The van der Waals surface area contributed by atoms with Crippen LogP contribution < -0.4 is 10.6 Å². The number of ether oxygens (including phenoxy) is 1. The minimum absolute atomic E-state index is 0.179. The predicted octanol–water partition coefficient (Wildman–Crippen LogP) is 2.78. The van der Waals surface area contributed by atoms with Crippen LogP contribution in [0, 0.1) is 0 Å². The quantitative estimate of drug-likeness (QED) is 0.763. The lowest BCUT2D eigenvalue weighted by Crippen LogP contribution is -2.30. The van der Waals surface area contributed by atoms with Gasteiger partial charge in [-0.25, -0.2) is 4.79 Å². The summed E-state index contributed by atoms with van der Waals surface area (Å²) in [5.41, 5.74) is 0.504. The second-order valence-electron chi connectivity index (χ2n) is 7.30. The first-order valence-corrected chi connectivity index (χ1v) is 8.91. The zero-order valence-corrected chi connectivity index (χ0v) is 15.6. The molecule has 1 aromatic carbocycles. The Kier molecular flexibility index (Phi) is 6.60. The average Bonchev–Trinajstić information content (AvgIpc) is 2.95. The molecule has 0 bridgehead atoms. The van der Waals surface area contributed by atoms with Gasteiger partial charge in [-0.15, -0.1) is 0 Å². The van der Waals surface area contributed by atoms with Crippen LogP contribution in [-0.2, 0) is 9.53 Å². The van der Waals surface area contributed by atoms with Crippen LogP contribution in [0.15, 0.2) is 24.3 Å². The second-order valence-corrected chi connectivity index (χ2v) is 7.30. The molecule has 1 heterocycles. The van der Waals surface area contributed by atoms with Crippen molar-refractivity contribution in [2.75, 3.05) is 25.0 Å². The highest BCUT2D eigenvalue weighted by atomic mass is 16.6. The third-order valence-corrected chi connectivity index (χ3v) is 3.85. The number of benzene rings is 1. The highest BCUT2D eigenvalue weighted by molar-refractivity contribution is 5.95. The number of nitrogens with zero attached hydrogens (tertiary/aromatic N) is 1. The lowest BCUT2D eigenvalue weighted by Gasteiger charge is -2.19. The lowest BCUT2D eigenvalue weighted by molar-refractivity contribution is -0.127. The van der Waals surface area contributed by atoms with Gasteiger partial charge >= 0.3 is 6.09 Å². The van der Waals surface area contributed by atoms with Gasteiger partial charge in [0.15, 0.2) is 0 Å². The summed E-state index contributed by atoms with van der Waals surface area (Å²) in [5.74, 6) is 0.0194. The minimum atomic E-state index is -0.566. The molecule has 7 nitrogen and oxygen atoms in total. The third-order valence-electron chi connectivity index (χ3n) is 3.85. The monoisotopic (exact) mass is 361 g/mol. The maximum atomic E-state index is 12.1. The molecule has 1 fully saturated rings. The molecule has 2 N–H and O–H groups in total. The van der Waals surface area contributed by atoms with Gasteiger partial charge in [-0.3, -0.25) is 14.9 Å². The molecule has 1 saturated heterocycles. The highest BCUT2D eigenvalue weighted by Gasteiger charge is 2.19. The van der Waals surface area contributed by atoms with Crippen LogP contribution in [0.5, 0.6) is 0 Å². The first kappa shape index (κ1) is 19.8. The fourth-order valence-corrected chi connectivity index (χ4v) is 2.64. The Morgan fingerprint density at radius 3 is 2.46 bits per heavy atom. The molecule has 1 aliphatic heterocycles. The molecular formula is C19H27N3O4. The Morgan fingerprint density at radius 2 is 1.88 bits per heavy atom. The van der Waals surface area contributed by atoms with Crippen LogP contribution in [0.1, 0.15) is 50.4 Å². The van der Waals surface area contributed by atoms with E-state index >= 15 is 0 Å². The molecule has 0 atom stereocenters. The SMILES string of the molecule is CC(C)(C)OC(=O)Nc1ccc(C(=O)NCCCN2CCCC2=O)cc1. The number of anilines is 1. The number of carbonyl (C=O) groups excluding carboxylic acids is 3. The van der Waals surface area contributed by atoms with Gasteiger partial charge in [0, 0.05) is 37.3 Å². The van der Waals surface area contributed by atoms with Gasteiger partial charge in [-0.1, -0.05) is 0 Å². The highest BCUT2D eigenvalue weighted by Crippen LogP contribution is 2.13. The molecule has 0 aromatic heterocycles. The van der Waals surface area contributed by atoms with E-state index in [2.05, 4.69) is 10.6 Å². The van der Waals surface area contributed by atoms with Gasteiger partial charge in [-0.05, 0) is 57.9 Å². The molecule has 0 radical (unpaired) electrons. The van der Waals surface area contributed by atoms with Crippen LogP contribution in [0.3, 0.4) is 0 Å². The number of rotatable bonds is 6. The number of amides is 3. The Bertz CT molecular complexity index is 650. The van der Waals surface area contributed by atoms with Crippen molar-refractivity contribution < 1.29 is 19.1 Å². The number of carbonyl (C=O) groups is 3. The summed E-state index contributed by atoms with van der Waals surface area (Å²) in [7, 11) is 0. The van der Waals surface area contributed by atoms with Gasteiger partial charge < -0.3 is 15.0 Å². The molecule has 1 aliphatic rings. The molecule has 1 aromatic rings. The van der Waals surface area contributed by atoms with Crippen molar-refractivity contribution in [2.45, 2.75) is 45.6 Å². The minimum Gasteiger partial charge on any atom is -0.444 e. The zero-order chi connectivity index (χ0) is 19.2. The first-order valence-electron chi connectivity index (χ1n) is 8.91. The maximum Gasteiger partial charge on any atom is 0.412 e. The van der Waals surface area contributed by atoms with E-state index in [1.54, 1.807) is 45.0 Å². The number of hydrogen-bond donors (Lipinski definition) is 2.